The third-order valence-electron chi connectivity index (χ3n) is 4.65. The van der Waals surface area contributed by atoms with Crippen molar-refractivity contribution < 1.29 is 14.8 Å². The van der Waals surface area contributed by atoms with Gasteiger partial charge in [0.05, 0.1) is 11.0 Å². The Morgan fingerprint density at radius 1 is 1.16 bits per heavy atom. The summed E-state index contributed by atoms with van der Waals surface area (Å²) >= 11 is 0. The second kappa shape index (κ2) is 5.71. The lowest BCUT2D eigenvalue weighted by Gasteiger charge is -2.29. The molecule has 0 spiro atoms. The van der Waals surface area contributed by atoms with E-state index in [1.807, 2.05) is 24.3 Å². The largest absolute Gasteiger partial charge is 0.480 e. The molecule has 2 atom stereocenters. The zero-order valence-corrected chi connectivity index (χ0v) is 13.1. The highest BCUT2D eigenvalue weighted by molar-refractivity contribution is 5.87. The molecule has 7 heteroatoms. The van der Waals surface area contributed by atoms with Gasteiger partial charge in [-0.15, -0.1) is 0 Å². The first-order chi connectivity index (χ1) is 12.0. The maximum atomic E-state index is 11.6. The minimum atomic E-state index is -0.914. The van der Waals surface area contributed by atoms with E-state index < -0.39 is 16.9 Å². The summed E-state index contributed by atoms with van der Waals surface area (Å²) in [6.45, 7) is 0. The van der Waals surface area contributed by atoms with Crippen molar-refractivity contribution in [2.45, 2.75) is 18.5 Å². The van der Waals surface area contributed by atoms with Crippen molar-refractivity contribution in [3.8, 4) is 0 Å². The van der Waals surface area contributed by atoms with Crippen LogP contribution in [-0.4, -0.2) is 27.0 Å². The highest BCUT2D eigenvalue weighted by atomic mass is 16.6. The molecule has 0 radical (unpaired) electrons. The van der Waals surface area contributed by atoms with Gasteiger partial charge in [-0.3, -0.25) is 20.2 Å². The summed E-state index contributed by atoms with van der Waals surface area (Å²) in [6.07, 6.45) is 0.387. The molecule has 3 N–H and O–H groups in total. The van der Waals surface area contributed by atoms with Crippen LogP contribution in [0.4, 0.5) is 5.69 Å². The summed E-state index contributed by atoms with van der Waals surface area (Å²) < 4.78 is 0. The van der Waals surface area contributed by atoms with Crippen LogP contribution in [0.5, 0.6) is 0 Å². The van der Waals surface area contributed by atoms with Crippen molar-refractivity contribution in [1.29, 1.82) is 0 Å². The van der Waals surface area contributed by atoms with E-state index in [1.165, 1.54) is 12.1 Å². The normalized spacial score (nSPS) is 19.5. The third kappa shape index (κ3) is 2.54. The Morgan fingerprint density at radius 3 is 2.56 bits per heavy atom. The van der Waals surface area contributed by atoms with E-state index in [0.717, 1.165) is 27.7 Å². The minimum Gasteiger partial charge on any atom is -0.480 e. The lowest BCUT2D eigenvalue weighted by atomic mass is 9.90. The standard InChI is InChI=1S/C18H15N3O4/c22-18(23)15-9-13-12-3-1-2-4-14(12)19-17(13)16(20-15)10-5-7-11(8-6-10)21(24)25/h1-8,15-16,19-20H,9H2,(H,22,23). The molecule has 4 rings (SSSR count). The predicted molar refractivity (Wildman–Crippen MR) is 91.5 cm³/mol. The Hall–Kier alpha value is -3.19. The van der Waals surface area contributed by atoms with Crippen molar-refractivity contribution in [2.24, 2.45) is 0 Å². The molecule has 1 aliphatic rings. The number of aromatic nitrogens is 1. The second-order valence-electron chi connectivity index (χ2n) is 6.11. The van der Waals surface area contributed by atoms with Crippen LogP contribution in [0.2, 0.25) is 0 Å². The van der Waals surface area contributed by atoms with Crippen molar-refractivity contribution in [2.75, 3.05) is 0 Å². The van der Waals surface area contributed by atoms with Crippen molar-refractivity contribution >= 4 is 22.6 Å². The zero-order chi connectivity index (χ0) is 17.6. The van der Waals surface area contributed by atoms with Crippen molar-refractivity contribution in [3.63, 3.8) is 0 Å². The molecule has 0 saturated carbocycles. The fraction of sp³-hybridized carbons (Fsp3) is 0.167. The van der Waals surface area contributed by atoms with E-state index in [4.69, 9.17) is 0 Å². The molecule has 0 aliphatic carbocycles. The summed E-state index contributed by atoms with van der Waals surface area (Å²) in [6, 6.07) is 12.9. The molecular formula is C18H15N3O4. The summed E-state index contributed by atoms with van der Waals surface area (Å²) in [5.74, 6) is -0.914. The van der Waals surface area contributed by atoms with Gasteiger partial charge in [0.1, 0.15) is 6.04 Å². The van der Waals surface area contributed by atoms with Crippen LogP contribution in [0, 0.1) is 10.1 Å². The SMILES string of the molecule is O=C(O)C1Cc2c([nH]c3ccccc23)C(c2ccc([N+](=O)[O-])cc2)N1. The lowest BCUT2D eigenvalue weighted by Crippen LogP contribution is -2.44. The number of H-pyrrole nitrogens is 1. The molecule has 0 saturated heterocycles. The molecular weight excluding hydrogens is 322 g/mol. The monoisotopic (exact) mass is 337 g/mol. The molecule has 1 aliphatic heterocycles. The number of fused-ring (bicyclic) bond motifs is 3. The smallest absolute Gasteiger partial charge is 0.321 e. The van der Waals surface area contributed by atoms with E-state index >= 15 is 0 Å². The van der Waals surface area contributed by atoms with Gasteiger partial charge in [-0.05, 0) is 17.2 Å². The number of nitrogens with one attached hydrogen (secondary N) is 2. The summed E-state index contributed by atoms with van der Waals surface area (Å²) in [5.41, 5.74) is 3.63. The topological polar surface area (TPSA) is 108 Å². The Balaban J connectivity index is 1.84. The summed E-state index contributed by atoms with van der Waals surface area (Å²) in [4.78, 5) is 25.4. The number of para-hydroxylation sites is 1. The average Bonchev–Trinajstić information content (AvgIpc) is 2.99. The van der Waals surface area contributed by atoms with E-state index in [0.29, 0.717) is 6.42 Å². The first kappa shape index (κ1) is 15.3. The van der Waals surface area contributed by atoms with Crippen LogP contribution >= 0.6 is 0 Å². The van der Waals surface area contributed by atoms with Crippen molar-refractivity contribution in [3.05, 3.63) is 75.5 Å². The lowest BCUT2D eigenvalue weighted by molar-refractivity contribution is -0.384. The van der Waals surface area contributed by atoms with Gasteiger partial charge in [0.15, 0.2) is 0 Å². The minimum absolute atomic E-state index is 0.00575. The number of carboxylic acid groups (broad SMARTS) is 1. The molecule has 0 fully saturated rings. The molecule has 126 valence electrons. The summed E-state index contributed by atoms with van der Waals surface area (Å²) in [5, 5.41) is 24.5. The Morgan fingerprint density at radius 2 is 1.88 bits per heavy atom. The molecule has 2 unspecified atom stereocenters. The van der Waals surface area contributed by atoms with Crippen molar-refractivity contribution in [1.82, 2.24) is 10.3 Å². The molecule has 2 aromatic carbocycles. The maximum Gasteiger partial charge on any atom is 0.321 e. The highest BCUT2D eigenvalue weighted by Gasteiger charge is 2.33. The van der Waals surface area contributed by atoms with Crippen LogP contribution < -0.4 is 5.32 Å². The average molecular weight is 337 g/mol. The van der Waals surface area contributed by atoms with Gasteiger partial charge in [0.25, 0.3) is 5.69 Å². The number of rotatable bonds is 3. The predicted octanol–water partition coefficient (Wildman–Crippen LogP) is 2.76. The number of non-ortho nitro benzene ring substituents is 1. The van der Waals surface area contributed by atoms with E-state index in [9.17, 15) is 20.0 Å². The van der Waals surface area contributed by atoms with Crippen LogP contribution in [0.15, 0.2) is 48.5 Å². The van der Waals surface area contributed by atoms with Crippen LogP contribution in [0.3, 0.4) is 0 Å². The number of carboxylic acids is 1. The van der Waals surface area contributed by atoms with Gasteiger partial charge in [-0.1, -0.05) is 30.3 Å². The molecule has 0 bridgehead atoms. The summed E-state index contributed by atoms with van der Waals surface area (Å²) in [7, 11) is 0. The molecule has 1 aromatic heterocycles. The molecule has 2 heterocycles. The quantitative estimate of drug-likeness (QED) is 0.503. The number of nitrogens with zero attached hydrogens (tertiary/aromatic N) is 1. The zero-order valence-electron chi connectivity index (χ0n) is 13.1. The van der Waals surface area contributed by atoms with Gasteiger partial charge >= 0.3 is 5.97 Å². The van der Waals surface area contributed by atoms with Gasteiger partial charge in [0, 0.05) is 35.2 Å². The number of aromatic amines is 1. The van der Waals surface area contributed by atoms with Gasteiger partial charge < -0.3 is 10.1 Å². The molecule has 0 amide bonds. The van der Waals surface area contributed by atoms with Crippen LogP contribution in [-0.2, 0) is 11.2 Å². The number of nitro benzene ring substituents is 1. The molecule has 7 nitrogen and oxygen atoms in total. The van der Waals surface area contributed by atoms with Crippen LogP contribution in [0.25, 0.3) is 10.9 Å². The number of benzene rings is 2. The fourth-order valence-corrected chi connectivity index (χ4v) is 3.44. The van der Waals surface area contributed by atoms with Gasteiger partial charge in [-0.2, -0.15) is 0 Å². The van der Waals surface area contributed by atoms with E-state index in [1.54, 1.807) is 12.1 Å². The van der Waals surface area contributed by atoms with Crippen LogP contribution in [0.1, 0.15) is 22.9 Å². The highest BCUT2D eigenvalue weighted by Crippen LogP contribution is 2.35. The number of hydrogen-bond donors (Lipinski definition) is 3. The number of aliphatic carboxylic acids is 1. The molecule has 25 heavy (non-hydrogen) atoms. The Kier molecular flexibility index (Phi) is 3.51. The van der Waals surface area contributed by atoms with E-state index in [2.05, 4.69) is 10.3 Å². The molecule has 3 aromatic rings. The van der Waals surface area contributed by atoms with E-state index in [-0.39, 0.29) is 11.7 Å². The second-order valence-corrected chi connectivity index (χ2v) is 6.11. The first-order valence-corrected chi connectivity index (χ1v) is 7.87. The maximum absolute atomic E-state index is 11.6. The van der Waals surface area contributed by atoms with Gasteiger partial charge in [-0.25, -0.2) is 0 Å². The first-order valence-electron chi connectivity index (χ1n) is 7.87. The fourth-order valence-electron chi connectivity index (χ4n) is 3.44. The number of nitro groups is 1. The third-order valence-corrected chi connectivity index (χ3v) is 4.65. The number of carbonyl (C=O) groups is 1. The Bertz CT molecular complexity index is 978. The Labute approximate surface area is 142 Å². The van der Waals surface area contributed by atoms with Gasteiger partial charge in [0.2, 0.25) is 0 Å². The number of hydrogen-bond acceptors (Lipinski definition) is 4.